The highest BCUT2D eigenvalue weighted by Crippen LogP contribution is 2.33. The van der Waals surface area contributed by atoms with E-state index in [1.807, 2.05) is 0 Å². The maximum Gasteiger partial charge on any atom is 0.313 e. The molecule has 0 amide bonds. The molecule has 1 aromatic rings. The lowest BCUT2D eigenvalue weighted by Crippen LogP contribution is -2.37. The molecule has 94 valence electrons. The summed E-state index contributed by atoms with van der Waals surface area (Å²) in [7, 11) is 1.29. The second-order valence-corrected chi connectivity index (χ2v) is 4.72. The van der Waals surface area contributed by atoms with Gasteiger partial charge < -0.3 is 10.5 Å². The lowest BCUT2D eigenvalue weighted by molar-refractivity contribution is -0.152. The molecule has 0 saturated carbocycles. The van der Waals surface area contributed by atoms with E-state index in [2.05, 4.69) is 4.74 Å². The Labute approximate surface area is 101 Å². The van der Waals surface area contributed by atoms with Gasteiger partial charge in [0.05, 0.1) is 12.5 Å². The van der Waals surface area contributed by atoms with Gasteiger partial charge >= 0.3 is 5.97 Å². The third-order valence-corrected chi connectivity index (χ3v) is 2.98. The predicted octanol–water partition coefficient (Wildman–Crippen LogP) is 2.33. The smallest absolute Gasteiger partial charge is 0.313 e. The van der Waals surface area contributed by atoms with E-state index in [-0.39, 0.29) is 0 Å². The normalized spacial score (nSPS) is 13.3. The third kappa shape index (κ3) is 2.64. The van der Waals surface area contributed by atoms with Gasteiger partial charge in [-0.1, -0.05) is 12.1 Å². The maximum atomic E-state index is 13.8. The van der Waals surface area contributed by atoms with Crippen molar-refractivity contribution < 1.29 is 13.9 Å². The van der Waals surface area contributed by atoms with Gasteiger partial charge in [0.1, 0.15) is 5.82 Å². The molecule has 0 aliphatic rings. The molecule has 4 heteroatoms. The van der Waals surface area contributed by atoms with E-state index in [1.54, 1.807) is 32.9 Å². The second kappa shape index (κ2) is 4.84. The van der Waals surface area contributed by atoms with Crippen LogP contribution in [0.1, 0.15) is 31.0 Å². The average molecular weight is 239 g/mol. The molecule has 1 atom stereocenters. The highest BCUT2D eigenvalue weighted by atomic mass is 19.1. The molecular weight excluding hydrogens is 221 g/mol. The number of esters is 1. The van der Waals surface area contributed by atoms with E-state index >= 15 is 0 Å². The van der Waals surface area contributed by atoms with E-state index in [1.165, 1.54) is 13.2 Å². The molecule has 1 aromatic carbocycles. The molecule has 1 rings (SSSR count). The van der Waals surface area contributed by atoms with Gasteiger partial charge in [0, 0.05) is 11.6 Å². The molecule has 0 fully saturated rings. The minimum absolute atomic E-state index is 0.325. The standard InChI is InChI=1S/C13H18FNO2/c1-8-5-6-9(10(14)7-8)11(15)13(2,3)12(16)17-4/h5-7,11H,15H2,1-4H3/t11-/m1/s1. The van der Waals surface area contributed by atoms with Crippen molar-refractivity contribution in [1.82, 2.24) is 0 Å². The highest BCUT2D eigenvalue weighted by Gasteiger charge is 2.37. The SMILES string of the molecule is COC(=O)C(C)(C)[C@H](N)c1ccc(C)cc1F. The van der Waals surface area contributed by atoms with Crippen LogP contribution in [0.15, 0.2) is 18.2 Å². The Morgan fingerprint density at radius 3 is 2.53 bits per heavy atom. The molecule has 17 heavy (non-hydrogen) atoms. The van der Waals surface area contributed by atoms with Crippen LogP contribution < -0.4 is 5.73 Å². The molecule has 0 aliphatic heterocycles. The summed E-state index contributed by atoms with van der Waals surface area (Å²) in [4.78, 5) is 11.6. The third-order valence-electron chi connectivity index (χ3n) is 2.98. The fourth-order valence-corrected chi connectivity index (χ4v) is 1.66. The topological polar surface area (TPSA) is 52.3 Å². The number of rotatable bonds is 3. The first kappa shape index (κ1) is 13.6. The molecule has 0 heterocycles. The van der Waals surface area contributed by atoms with Gasteiger partial charge in [-0.05, 0) is 32.4 Å². The summed E-state index contributed by atoms with van der Waals surface area (Å²) in [6.45, 7) is 5.08. The number of carbonyl (C=O) groups excluding carboxylic acids is 1. The van der Waals surface area contributed by atoms with Gasteiger partial charge in [-0.2, -0.15) is 0 Å². The number of ether oxygens (including phenoxy) is 1. The van der Waals surface area contributed by atoms with E-state index < -0.39 is 23.2 Å². The van der Waals surface area contributed by atoms with Crippen molar-refractivity contribution in [3.05, 3.63) is 35.1 Å². The van der Waals surface area contributed by atoms with Gasteiger partial charge in [-0.3, -0.25) is 4.79 Å². The average Bonchev–Trinajstić information content (AvgIpc) is 2.27. The Balaban J connectivity index is 3.11. The summed E-state index contributed by atoms with van der Waals surface area (Å²) >= 11 is 0. The molecule has 2 N–H and O–H groups in total. The molecule has 0 unspecified atom stereocenters. The molecular formula is C13H18FNO2. The van der Waals surface area contributed by atoms with E-state index in [0.29, 0.717) is 5.56 Å². The van der Waals surface area contributed by atoms with E-state index in [4.69, 9.17) is 5.73 Å². The van der Waals surface area contributed by atoms with Crippen molar-refractivity contribution in [3.63, 3.8) is 0 Å². The number of hydrogen-bond acceptors (Lipinski definition) is 3. The number of aryl methyl sites for hydroxylation is 1. The van der Waals surface area contributed by atoms with Crippen molar-refractivity contribution in [3.8, 4) is 0 Å². The zero-order valence-corrected chi connectivity index (χ0v) is 10.6. The number of methoxy groups -OCH3 is 1. The van der Waals surface area contributed by atoms with Crippen molar-refractivity contribution in [2.75, 3.05) is 7.11 Å². The molecule has 0 bridgehead atoms. The Kier molecular flexibility index (Phi) is 3.88. The Morgan fingerprint density at radius 2 is 2.06 bits per heavy atom. The summed E-state index contributed by atoms with van der Waals surface area (Å²) in [5.41, 5.74) is 6.13. The first-order chi connectivity index (χ1) is 7.80. The number of halogens is 1. The monoisotopic (exact) mass is 239 g/mol. The van der Waals surface area contributed by atoms with Crippen LogP contribution >= 0.6 is 0 Å². The molecule has 0 spiro atoms. The van der Waals surface area contributed by atoms with E-state index in [9.17, 15) is 9.18 Å². The highest BCUT2D eigenvalue weighted by molar-refractivity contribution is 5.77. The summed E-state index contributed by atoms with van der Waals surface area (Å²) in [5.74, 6) is -0.848. The largest absolute Gasteiger partial charge is 0.469 e. The van der Waals surface area contributed by atoms with Crippen LogP contribution in [-0.2, 0) is 9.53 Å². The van der Waals surface area contributed by atoms with Crippen molar-refractivity contribution in [1.29, 1.82) is 0 Å². The number of nitrogens with two attached hydrogens (primary N) is 1. The zero-order valence-electron chi connectivity index (χ0n) is 10.6. The molecule has 0 saturated heterocycles. The van der Waals surface area contributed by atoms with Gasteiger partial charge in [-0.15, -0.1) is 0 Å². The molecule has 0 aliphatic carbocycles. The van der Waals surface area contributed by atoms with Crippen LogP contribution in [0.5, 0.6) is 0 Å². The van der Waals surface area contributed by atoms with Crippen molar-refractivity contribution in [2.45, 2.75) is 26.8 Å². The number of hydrogen-bond donors (Lipinski definition) is 1. The van der Waals surface area contributed by atoms with Crippen LogP contribution in [0, 0.1) is 18.2 Å². The van der Waals surface area contributed by atoms with Crippen molar-refractivity contribution >= 4 is 5.97 Å². The van der Waals surface area contributed by atoms with Crippen LogP contribution in [-0.4, -0.2) is 13.1 Å². The number of benzene rings is 1. The quantitative estimate of drug-likeness (QED) is 0.824. The molecule has 3 nitrogen and oxygen atoms in total. The van der Waals surface area contributed by atoms with Crippen LogP contribution in [0.25, 0.3) is 0 Å². The first-order valence-corrected chi connectivity index (χ1v) is 5.40. The zero-order chi connectivity index (χ0) is 13.2. The summed E-state index contributed by atoms with van der Waals surface area (Å²) in [6.07, 6.45) is 0. The lowest BCUT2D eigenvalue weighted by Gasteiger charge is -2.29. The Morgan fingerprint density at radius 1 is 1.47 bits per heavy atom. The van der Waals surface area contributed by atoms with Gasteiger partial charge in [0.2, 0.25) is 0 Å². The minimum Gasteiger partial charge on any atom is -0.469 e. The first-order valence-electron chi connectivity index (χ1n) is 5.40. The predicted molar refractivity (Wildman–Crippen MR) is 63.9 cm³/mol. The second-order valence-electron chi connectivity index (χ2n) is 4.72. The van der Waals surface area contributed by atoms with Crippen LogP contribution in [0.2, 0.25) is 0 Å². The lowest BCUT2D eigenvalue weighted by atomic mass is 9.80. The van der Waals surface area contributed by atoms with Gasteiger partial charge in [-0.25, -0.2) is 4.39 Å². The maximum absolute atomic E-state index is 13.8. The molecule has 0 radical (unpaired) electrons. The van der Waals surface area contributed by atoms with Crippen LogP contribution in [0.4, 0.5) is 4.39 Å². The van der Waals surface area contributed by atoms with Gasteiger partial charge in [0.25, 0.3) is 0 Å². The van der Waals surface area contributed by atoms with Gasteiger partial charge in [0.15, 0.2) is 0 Å². The minimum atomic E-state index is -0.967. The fraction of sp³-hybridized carbons (Fsp3) is 0.462. The fourth-order valence-electron chi connectivity index (χ4n) is 1.66. The van der Waals surface area contributed by atoms with Crippen LogP contribution in [0.3, 0.4) is 0 Å². The molecule has 0 aromatic heterocycles. The Hall–Kier alpha value is -1.42. The number of carbonyl (C=O) groups is 1. The van der Waals surface area contributed by atoms with E-state index in [0.717, 1.165) is 5.56 Å². The Bertz CT molecular complexity index is 429. The van der Waals surface area contributed by atoms with Crippen molar-refractivity contribution in [2.24, 2.45) is 11.1 Å². The summed E-state index contributed by atoms with van der Waals surface area (Å²) in [6, 6.07) is 4.05. The summed E-state index contributed by atoms with van der Waals surface area (Å²) < 4.78 is 18.4. The summed E-state index contributed by atoms with van der Waals surface area (Å²) in [5, 5.41) is 0.